The molecule has 2 N–H and O–H groups in total. The van der Waals surface area contributed by atoms with Gasteiger partial charge in [0.2, 0.25) is 0 Å². The molecular weight excluding hydrogens is 293 g/mol. The van der Waals surface area contributed by atoms with E-state index in [1.165, 1.54) is 6.07 Å². The van der Waals surface area contributed by atoms with Crippen molar-refractivity contribution in [1.82, 2.24) is 0 Å². The minimum Gasteiger partial charge on any atom is -0.497 e. The molecule has 3 nitrogen and oxygen atoms in total. The van der Waals surface area contributed by atoms with Crippen molar-refractivity contribution in [2.75, 3.05) is 7.11 Å². The van der Waals surface area contributed by atoms with Crippen molar-refractivity contribution in [2.45, 2.75) is 19.6 Å². The van der Waals surface area contributed by atoms with E-state index < -0.39 is 5.82 Å². The van der Waals surface area contributed by atoms with Crippen molar-refractivity contribution in [2.24, 2.45) is 5.73 Å². The van der Waals surface area contributed by atoms with Gasteiger partial charge in [0.25, 0.3) is 0 Å². The predicted molar refractivity (Wildman–Crippen MR) is 81.3 cm³/mol. The summed E-state index contributed by atoms with van der Waals surface area (Å²) in [5.74, 6) is 0.884. The van der Waals surface area contributed by atoms with E-state index in [1.807, 2.05) is 19.1 Å². The summed E-state index contributed by atoms with van der Waals surface area (Å²) in [7, 11) is 1.59. The second kappa shape index (κ2) is 6.78. The molecule has 0 saturated heterocycles. The van der Waals surface area contributed by atoms with Crippen molar-refractivity contribution in [3.63, 3.8) is 0 Å². The van der Waals surface area contributed by atoms with E-state index in [0.29, 0.717) is 11.5 Å². The maximum atomic E-state index is 13.1. The number of rotatable bonds is 5. The lowest BCUT2D eigenvalue weighted by Crippen LogP contribution is -2.08. The minimum absolute atomic E-state index is 0.0779. The van der Waals surface area contributed by atoms with Gasteiger partial charge in [0.05, 0.1) is 12.1 Å². The summed E-state index contributed by atoms with van der Waals surface area (Å²) in [4.78, 5) is 0. The van der Waals surface area contributed by atoms with Crippen LogP contribution in [0, 0.1) is 5.82 Å². The van der Waals surface area contributed by atoms with Gasteiger partial charge in [-0.25, -0.2) is 4.39 Å². The SMILES string of the molecule is COc1ccc([C@H](C)N)c(OCc2ccc(F)c(Cl)c2)c1. The van der Waals surface area contributed by atoms with E-state index in [4.69, 9.17) is 26.8 Å². The standard InChI is InChI=1S/C16H17ClFNO2/c1-10(19)13-5-4-12(20-2)8-16(13)21-9-11-3-6-15(18)14(17)7-11/h3-8,10H,9,19H2,1-2H3/t10-/m0/s1. The fourth-order valence-electron chi connectivity index (χ4n) is 1.93. The molecule has 0 heterocycles. The summed E-state index contributed by atoms with van der Waals surface area (Å²) in [5, 5.41) is 0.0779. The lowest BCUT2D eigenvalue weighted by Gasteiger charge is -2.15. The molecule has 0 spiro atoms. The Labute approximate surface area is 128 Å². The van der Waals surface area contributed by atoms with Crippen molar-refractivity contribution in [1.29, 1.82) is 0 Å². The van der Waals surface area contributed by atoms with Crippen LogP contribution in [-0.4, -0.2) is 7.11 Å². The average molecular weight is 310 g/mol. The molecule has 0 aliphatic carbocycles. The van der Waals surface area contributed by atoms with E-state index in [9.17, 15) is 4.39 Å². The lowest BCUT2D eigenvalue weighted by molar-refractivity contribution is 0.299. The Balaban J connectivity index is 2.19. The van der Waals surface area contributed by atoms with Crippen LogP contribution in [0.5, 0.6) is 11.5 Å². The summed E-state index contributed by atoms with van der Waals surface area (Å²) in [5.41, 5.74) is 7.58. The van der Waals surface area contributed by atoms with Crippen molar-refractivity contribution < 1.29 is 13.9 Å². The molecule has 0 radical (unpaired) electrons. The molecule has 1 atom stereocenters. The van der Waals surface area contributed by atoms with Crippen LogP contribution in [0.1, 0.15) is 24.1 Å². The highest BCUT2D eigenvalue weighted by Crippen LogP contribution is 2.29. The van der Waals surface area contributed by atoms with Gasteiger partial charge in [-0.1, -0.05) is 23.7 Å². The molecule has 0 unspecified atom stereocenters. The topological polar surface area (TPSA) is 44.5 Å². The monoisotopic (exact) mass is 309 g/mol. The molecule has 0 aliphatic heterocycles. The second-order valence-electron chi connectivity index (χ2n) is 4.73. The van der Waals surface area contributed by atoms with Gasteiger partial charge in [-0.05, 0) is 30.7 Å². The van der Waals surface area contributed by atoms with Crippen LogP contribution in [0.2, 0.25) is 5.02 Å². The highest BCUT2D eigenvalue weighted by Gasteiger charge is 2.10. The maximum absolute atomic E-state index is 13.1. The summed E-state index contributed by atoms with van der Waals surface area (Å²) < 4.78 is 24.1. The van der Waals surface area contributed by atoms with Gasteiger partial charge in [0, 0.05) is 17.7 Å². The predicted octanol–water partition coefficient (Wildman–Crippen LogP) is 4.09. The third kappa shape index (κ3) is 3.86. The number of hydrogen-bond donors (Lipinski definition) is 1. The number of nitrogens with two attached hydrogens (primary N) is 1. The van der Waals surface area contributed by atoms with E-state index in [1.54, 1.807) is 25.3 Å². The molecule has 2 aromatic rings. The number of ether oxygens (including phenoxy) is 2. The first-order chi connectivity index (χ1) is 10.0. The highest BCUT2D eigenvalue weighted by molar-refractivity contribution is 6.30. The van der Waals surface area contributed by atoms with Gasteiger partial charge in [-0.3, -0.25) is 0 Å². The molecule has 2 rings (SSSR count). The molecule has 0 amide bonds. The molecule has 21 heavy (non-hydrogen) atoms. The fraction of sp³-hybridized carbons (Fsp3) is 0.250. The Morgan fingerprint density at radius 1 is 1.24 bits per heavy atom. The fourth-order valence-corrected chi connectivity index (χ4v) is 2.14. The largest absolute Gasteiger partial charge is 0.497 e. The van der Waals surface area contributed by atoms with Crippen molar-refractivity contribution >= 4 is 11.6 Å². The Morgan fingerprint density at radius 3 is 2.62 bits per heavy atom. The summed E-state index contributed by atoms with van der Waals surface area (Å²) in [6.45, 7) is 2.15. The number of benzene rings is 2. The van der Waals surface area contributed by atoms with Gasteiger partial charge in [0.1, 0.15) is 23.9 Å². The van der Waals surface area contributed by atoms with E-state index in [0.717, 1.165) is 11.1 Å². The van der Waals surface area contributed by atoms with Gasteiger partial charge in [-0.2, -0.15) is 0 Å². The van der Waals surface area contributed by atoms with E-state index in [-0.39, 0.29) is 17.7 Å². The maximum Gasteiger partial charge on any atom is 0.141 e. The van der Waals surface area contributed by atoms with Crippen LogP contribution in [-0.2, 0) is 6.61 Å². The molecule has 112 valence electrons. The smallest absolute Gasteiger partial charge is 0.141 e. The molecule has 0 bridgehead atoms. The first kappa shape index (κ1) is 15.6. The molecule has 5 heteroatoms. The molecule has 2 aromatic carbocycles. The number of methoxy groups -OCH3 is 1. The molecule has 0 aromatic heterocycles. The molecule has 0 fully saturated rings. The normalized spacial score (nSPS) is 12.0. The van der Waals surface area contributed by atoms with Crippen LogP contribution in [0.4, 0.5) is 4.39 Å². The molecular formula is C16H17ClFNO2. The number of halogens is 2. The summed E-state index contributed by atoms with van der Waals surface area (Å²) in [6.07, 6.45) is 0. The van der Waals surface area contributed by atoms with Crippen LogP contribution < -0.4 is 15.2 Å². The van der Waals surface area contributed by atoms with Crippen molar-refractivity contribution in [3.8, 4) is 11.5 Å². The first-order valence-electron chi connectivity index (χ1n) is 6.51. The zero-order valence-electron chi connectivity index (χ0n) is 11.9. The van der Waals surface area contributed by atoms with Crippen LogP contribution in [0.3, 0.4) is 0 Å². The van der Waals surface area contributed by atoms with Gasteiger partial charge in [0.15, 0.2) is 0 Å². The molecule has 0 aliphatic rings. The van der Waals surface area contributed by atoms with Crippen LogP contribution >= 0.6 is 11.6 Å². The zero-order valence-corrected chi connectivity index (χ0v) is 12.7. The Hall–Kier alpha value is -1.78. The van der Waals surface area contributed by atoms with E-state index >= 15 is 0 Å². The zero-order chi connectivity index (χ0) is 15.4. The third-order valence-electron chi connectivity index (χ3n) is 3.09. The first-order valence-corrected chi connectivity index (χ1v) is 6.89. The number of hydrogen-bond acceptors (Lipinski definition) is 3. The summed E-state index contributed by atoms with van der Waals surface area (Å²) >= 11 is 5.75. The van der Waals surface area contributed by atoms with Crippen molar-refractivity contribution in [3.05, 3.63) is 58.4 Å². The van der Waals surface area contributed by atoms with Crippen LogP contribution in [0.25, 0.3) is 0 Å². The van der Waals surface area contributed by atoms with Crippen LogP contribution in [0.15, 0.2) is 36.4 Å². The molecule has 0 saturated carbocycles. The van der Waals surface area contributed by atoms with E-state index in [2.05, 4.69) is 0 Å². The highest BCUT2D eigenvalue weighted by atomic mass is 35.5. The average Bonchev–Trinajstić information content (AvgIpc) is 2.48. The quantitative estimate of drug-likeness (QED) is 0.905. The van der Waals surface area contributed by atoms with Gasteiger partial charge in [-0.15, -0.1) is 0 Å². The lowest BCUT2D eigenvalue weighted by atomic mass is 10.1. The van der Waals surface area contributed by atoms with Gasteiger partial charge < -0.3 is 15.2 Å². The Morgan fingerprint density at radius 2 is 2.00 bits per heavy atom. The summed E-state index contributed by atoms with van der Waals surface area (Å²) in [6, 6.07) is 9.82. The van der Waals surface area contributed by atoms with Gasteiger partial charge >= 0.3 is 0 Å². The second-order valence-corrected chi connectivity index (χ2v) is 5.14. The third-order valence-corrected chi connectivity index (χ3v) is 3.38. The Bertz CT molecular complexity index is 632. The minimum atomic E-state index is -0.446. The Kier molecular flexibility index (Phi) is 5.04.